The Labute approximate surface area is 87.5 Å². The lowest BCUT2D eigenvalue weighted by Crippen LogP contribution is -2.06. The van der Waals surface area contributed by atoms with Gasteiger partial charge in [0.2, 0.25) is 0 Å². The third-order valence-corrected chi connectivity index (χ3v) is 3.58. The van der Waals surface area contributed by atoms with E-state index in [1.807, 2.05) is 11.8 Å². The van der Waals surface area contributed by atoms with Crippen LogP contribution in [-0.2, 0) is 0 Å². The van der Waals surface area contributed by atoms with Crippen LogP contribution in [0.5, 0.6) is 0 Å². The van der Waals surface area contributed by atoms with Crippen LogP contribution in [0, 0.1) is 0 Å². The number of thioether (sulfide) groups is 1. The highest BCUT2D eigenvalue weighted by Gasteiger charge is 2.09. The van der Waals surface area contributed by atoms with Gasteiger partial charge in [-0.15, -0.1) is 24.9 Å². The van der Waals surface area contributed by atoms with Crippen molar-refractivity contribution < 1.29 is 0 Å². The van der Waals surface area contributed by atoms with Crippen molar-refractivity contribution in [1.82, 2.24) is 0 Å². The topological polar surface area (TPSA) is 0 Å². The van der Waals surface area contributed by atoms with Crippen molar-refractivity contribution in [2.75, 3.05) is 0 Å². The zero-order valence-electron chi connectivity index (χ0n) is 8.96. The van der Waals surface area contributed by atoms with Gasteiger partial charge in [0.05, 0.1) is 0 Å². The maximum atomic E-state index is 3.87. The smallest absolute Gasteiger partial charge is 0.0230 e. The molecule has 0 fully saturated rings. The molecule has 0 bridgehead atoms. The summed E-state index contributed by atoms with van der Waals surface area (Å²) in [5.74, 6) is 0. The summed E-state index contributed by atoms with van der Waals surface area (Å²) < 4.78 is 0. The number of rotatable bonds is 8. The zero-order valence-corrected chi connectivity index (χ0v) is 9.78. The summed E-state index contributed by atoms with van der Waals surface area (Å²) in [6.45, 7) is 12.2. The lowest BCUT2D eigenvalue weighted by atomic mass is 10.2. The molecule has 0 spiro atoms. The van der Waals surface area contributed by atoms with E-state index in [9.17, 15) is 0 Å². The van der Waals surface area contributed by atoms with E-state index >= 15 is 0 Å². The molecule has 13 heavy (non-hydrogen) atoms. The van der Waals surface area contributed by atoms with Gasteiger partial charge < -0.3 is 0 Å². The summed E-state index contributed by atoms with van der Waals surface area (Å²) in [4.78, 5) is 0. The fraction of sp³-hybridized carbons (Fsp3) is 0.667. The molecular weight excluding hydrogens is 176 g/mol. The highest BCUT2D eigenvalue weighted by Crippen LogP contribution is 2.26. The van der Waals surface area contributed by atoms with Crippen molar-refractivity contribution in [3.63, 3.8) is 0 Å². The Hall–Kier alpha value is -0.170. The molecule has 2 atom stereocenters. The Morgan fingerprint density at radius 1 is 1.00 bits per heavy atom. The Kier molecular flexibility index (Phi) is 8.32. The molecule has 0 aromatic carbocycles. The van der Waals surface area contributed by atoms with E-state index in [4.69, 9.17) is 0 Å². The van der Waals surface area contributed by atoms with Crippen LogP contribution in [0.25, 0.3) is 0 Å². The first-order valence-corrected chi connectivity index (χ1v) is 6.13. The zero-order chi connectivity index (χ0) is 10.1. The molecule has 0 saturated heterocycles. The molecule has 0 aliphatic rings. The largest absolute Gasteiger partial charge is 0.147 e. The second-order valence-electron chi connectivity index (χ2n) is 3.26. The van der Waals surface area contributed by atoms with Crippen molar-refractivity contribution in [3.05, 3.63) is 25.3 Å². The molecule has 76 valence electrons. The average Bonchev–Trinajstić information content (AvgIpc) is 2.16. The second kappa shape index (κ2) is 8.43. The standard InChI is InChI=1S/C12H22S/c1-5-9-11(7-3)13-12(8-4)10-6-2/h7-8,11-12H,3-6,9-10H2,1-2H3. The summed E-state index contributed by atoms with van der Waals surface area (Å²) in [6.07, 6.45) is 9.09. The molecule has 0 aliphatic carbocycles. The van der Waals surface area contributed by atoms with Crippen LogP contribution in [0.2, 0.25) is 0 Å². The maximum absolute atomic E-state index is 3.87. The molecule has 0 N–H and O–H groups in total. The van der Waals surface area contributed by atoms with Crippen molar-refractivity contribution >= 4 is 11.8 Å². The first-order chi connectivity index (χ1) is 6.28. The van der Waals surface area contributed by atoms with Gasteiger partial charge in [0.1, 0.15) is 0 Å². The van der Waals surface area contributed by atoms with Crippen molar-refractivity contribution in [3.8, 4) is 0 Å². The van der Waals surface area contributed by atoms with Crippen LogP contribution in [0.1, 0.15) is 39.5 Å². The van der Waals surface area contributed by atoms with E-state index in [-0.39, 0.29) is 0 Å². The van der Waals surface area contributed by atoms with E-state index in [1.54, 1.807) is 0 Å². The minimum absolute atomic E-state index is 0.611. The predicted molar refractivity (Wildman–Crippen MR) is 65.4 cm³/mol. The van der Waals surface area contributed by atoms with Crippen LogP contribution >= 0.6 is 11.8 Å². The number of hydrogen-bond donors (Lipinski definition) is 0. The highest BCUT2D eigenvalue weighted by atomic mass is 32.2. The summed E-state index contributed by atoms with van der Waals surface area (Å²) in [5, 5.41) is 1.22. The Balaban J connectivity index is 3.86. The monoisotopic (exact) mass is 198 g/mol. The van der Waals surface area contributed by atoms with Crippen LogP contribution < -0.4 is 0 Å². The molecule has 0 heterocycles. The van der Waals surface area contributed by atoms with E-state index in [0.29, 0.717) is 10.5 Å². The molecule has 0 rings (SSSR count). The molecule has 0 amide bonds. The van der Waals surface area contributed by atoms with Gasteiger partial charge in [-0.2, -0.15) is 0 Å². The maximum Gasteiger partial charge on any atom is 0.0230 e. The van der Waals surface area contributed by atoms with Gasteiger partial charge in [0, 0.05) is 10.5 Å². The Morgan fingerprint density at radius 3 is 1.62 bits per heavy atom. The number of hydrogen-bond acceptors (Lipinski definition) is 1. The van der Waals surface area contributed by atoms with E-state index in [1.165, 1.54) is 25.7 Å². The lowest BCUT2D eigenvalue weighted by molar-refractivity contribution is 0.801. The molecule has 0 saturated carbocycles. The van der Waals surface area contributed by atoms with Gasteiger partial charge in [-0.05, 0) is 12.8 Å². The summed E-state index contributed by atoms with van der Waals surface area (Å²) in [5.41, 5.74) is 0. The fourth-order valence-electron chi connectivity index (χ4n) is 1.28. The van der Waals surface area contributed by atoms with Crippen LogP contribution in [-0.4, -0.2) is 10.5 Å². The lowest BCUT2D eigenvalue weighted by Gasteiger charge is -2.17. The first kappa shape index (κ1) is 12.8. The molecule has 2 unspecified atom stereocenters. The summed E-state index contributed by atoms with van der Waals surface area (Å²) in [6, 6.07) is 0. The van der Waals surface area contributed by atoms with Gasteiger partial charge in [-0.3, -0.25) is 0 Å². The van der Waals surface area contributed by atoms with Crippen LogP contribution in [0.4, 0.5) is 0 Å². The minimum atomic E-state index is 0.611. The first-order valence-electron chi connectivity index (χ1n) is 5.19. The van der Waals surface area contributed by atoms with Gasteiger partial charge in [-0.1, -0.05) is 38.8 Å². The molecule has 0 radical (unpaired) electrons. The molecule has 0 aromatic rings. The van der Waals surface area contributed by atoms with Gasteiger partial charge in [0.15, 0.2) is 0 Å². The normalized spacial score (nSPS) is 14.9. The average molecular weight is 198 g/mol. The Morgan fingerprint density at radius 2 is 1.38 bits per heavy atom. The highest BCUT2D eigenvalue weighted by molar-refractivity contribution is 8.00. The van der Waals surface area contributed by atoms with Crippen LogP contribution in [0.15, 0.2) is 25.3 Å². The van der Waals surface area contributed by atoms with Crippen molar-refractivity contribution in [1.29, 1.82) is 0 Å². The van der Waals surface area contributed by atoms with E-state index in [2.05, 4.69) is 39.2 Å². The molecule has 0 nitrogen and oxygen atoms in total. The van der Waals surface area contributed by atoms with Crippen molar-refractivity contribution in [2.24, 2.45) is 0 Å². The molecule has 0 aromatic heterocycles. The van der Waals surface area contributed by atoms with Gasteiger partial charge >= 0.3 is 0 Å². The third kappa shape index (κ3) is 5.98. The SMILES string of the molecule is C=CC(CCC)SC(C=C)CCC. The third-order valence-electron chi connectivity index (χ3n) is 2.02. The molecule has 1 heteroatoms. The fourth-order valence-corrected chi connectivity index (χ4v) is 2.69. The molecular formula is C12H22S. The van der Waals surface area contributed by atoms with Crippen LogP contribution in [0.3, 0.4) is 0 Å². The van der Waals surface area contributed by atoms with E-state index < -0.39 is 0 Å². The Bertz CT molecular complexity index is 124. The van der Waals surface area contributed by atoms with Crippen molar-refractivity contribution in [2.45, 2.75) is 50.0 Å². The molecule has 0 aliphatic heterocycles. The second-order valence-corrected chi connectivity index (χ2v) is 4.74. The quantitative estimate of drug-likeness (QED) is 0.520. The van der Waals surface area contributed by atoms with Gasteiger partial charge in [0.25, 0.3) is 0 Å². The van der Waals surface area contributed by atoms with E-state index in [0.717, 1.165) is 0 Å². The predicted octanol–water partition coefficient (Wildman–Crippen LogP) is 4.43. The summed E-state index contributed by atoms with van der Waals surface area (Å²) in [7, 11) is 0. The van der Waals surface area contributed by atoms with Gasteiger partial charge in [-0.25, -0.2) is 0 Å². The summed E-state index contributed by atoms with van der Waals surface area (Å²) >= 11 is 2.00. The minimum Gasteiger partial charge on any atom is -0.147 e.